The van der Waals surface area contributed by atoms with Crippen LogP contribution in [-0.4, -0.2) is 48.5 Å². The standard InChI is InChI=1S/C6H8O6.BH4.K.Na/c7-1-2(8)5-3(9)4(10)6(11)12-5;;;/h2,5,7-10H,1H2;1H4;;/q;-1;2*+1/p-1/t2-,5+;;;/m0.../s1. The maximum atomic E-state index is 10.8. The van der Waals surface area contributed by atoms with Gasteiger partial charge in [0.15, 0.2) is 5.76 Å². The van der Waals surface area contributed by atoms with E-state index in [1.54, 1.807) is 0 Å². The molecule has 0 saturated carbocycles. The van der Waals surface area contributed by atoms with Crippen LogP contribution in [0.5, 0.6) is 0 Å². The second-order valence-electron chi connectivity index (χ2n) is 2.29. The number of aliphatic hydroxyl groups excluding tert-OH is 3. The van der Waals surface area contributed by atoms with E-state index in [0.717, 1.165) is 0 Å². The average molecular weight is 252 g/mol. The minimum Gasteiger partial charge on any atom is -0.870 e. The summed E-state index contributed by atoms with van der Waals surface area (Å²) >= 11 is 0. The molecule has 0 unspecified atom stereocenters. The van der Waals surface area contributed by atoms with Gasteiger partial charge in [0.1, 0.15) is 12.2 Å². The summed E-state index contributed by atoms with van der Waals surface area (Å²) in [5, 5.41) is 36.8. The molecule has 0 spiro atoms. The fourth-order valence-corrected chi connectivity index (χ4v) is 0.809. The van der Waals surface area contributed by atoms with Gasteiger partial charge in [0.05, 0.1) is 6.61 Å². The summed E-state index contributed by atoms with van der Waals surface area (Å²) in [6.07, 6.45) is -2.95. The summed E-state index contributed by atoms with van der Waals surface area (Å²) in [4.78, 5) is 10.5. The molecule has 0 bridgehead atoms. The molecule has 0 aromatic carbocycles. The molecule has 6 nitrogen and oxygen atoms in total. The number of esters is 1. The van der Waals surface area contributed by atoms with Gasteiger partial charge in [-0.15, -0.1) is 0 Å². The van der Waals surface area contributed by atoms with E-state index in [9.17, 15) is 9.90 Å². The summed E-state index contributed by atoms with van der Waals surface area (Å²) < 4.78 is 4.25. The van der Waals surface area contributed by atoms with E-state index in [1.165, 1.54) is 0 Å². The Hall–Kier alpha value is 1.43. The summed E-state index contributed by atoms with van der Waals surface area (Å²) in [6, 6.07) is 0. The van der Waals surface area contributed by atoms with Crippen molar-refractivity contribution in [3.05, 3.63) is 11.5 Å². The zero-order chi connectivity index (χ0) is 9.30. The minimum absolute atomic E-state index is 0. The molecule has 76 valence electrons. The number of cyclic esters (lactones) is 1. The third-order valence-electron chi connectivity index (χ3n) is 1.46. The molecule has 15 heavy (non-hydrogen) atoms. The van der Waals surface area contributed by atoms with Crippen LogP contribution in [0, 0.1) is 0 Å². The summed E-state index contributed by atoms with van der Waals surface area (Å²) in [5.41, 5.74) is 0. The van der Waals surface area contributed by atoms with E-state index >= 15 is 0 Å². The fourth-order valence-electron chi connectivity index (χ4n) is 0.809. The van der Waals surface area contributed by atoms with Crippen LogP contribution in [0.3, 0.4) is 0 Å². The maximum Gasteiger partial charge on any atom is 1.00 e. The van der Waals surface area contributed by atoms with Gasteiger partial charge in [-0.25, -0.2) is 4.79 Å². The second kappa shape index (κ2) is 9.46. The Kier molecular flexibility index (Phi) is 13.7. The molecule has 0 fully saturated rings. The Morgan fingerprint density at radius 3 is 2.27 bits per heavy atom. The molecule has 2 atom stereocenters. The Labute approximate surface area is 153 Å². The summed E-state index contributed by atoms with van der Waals surface area (Å²) in [6.45, 7) is -0.711. The number of hydrogen-bond acceptors (Lipinski definition) is 6. The average Bonchev–Trinajstić information content (AvgIpc) is 2.32. The van der Waals surface area contributed by atoms with Crippen molar-refractivity contribution in [2.24, 2.45) is 0 Å². The van der Waals surface area contributed by atoms with E-state index in [1.807, 2.05) is 0 Å². The van der Waals surface area contributed by atoms with Crippen molar-refractivity contribution < 1.29 is 111 Å². The van der Waals surface area contributed by atoms with Crippen LogP contribution in [-0.2, 0) is 9.53 Å². The van der Waals surface area contributed by atoms with E-state index in [2.05, 4.69) is 4.74 Å². The van der Waals surface area contributed by atoms with E-state index in [-0.39, 0.29) is 89.4 Å². The van der Waals surface area contributed by atoms with Gasteiger partial charge in [-0.2, -0.15) is 0 Å². The SMILES string of the molecule is O=C1O[C@H]([C@@H](O)CO)C([O-])=C1O.[BH4-].[K+].[Na+]. The predicted octanol–water partition coefficient (Wildman–Crippen LogP) is -10.0. The topological polar surface area (TPSA) is 110 Å². The Bertz CT molecular complexity index is 248. The fraction of sp³-hybridized carbons (Fsp3) is 0.500. The molecule has 1 aliphatic heterocycles. The first-order valence-electron chi connectivity index (χ1n) is 3.18. The smallest absolute Gasteiger partial charge is 0.870 e. The van der Waals surface area contributed by atoms with E-state index in [4.69, 9.17) is 15.3 Å². The van der Waals surface area contributed by atoms with E-state index in [0.29, 0.717) is 0 Å². The third kappa shape index (κ3) is 5.07. The number of hydrogen-bond donors (Lipinski definition) is 3. The molecule has 0 amide bonds. The van der Waals surface area contributed by atoms with Crippen molar-refractivity contribution in [1.29, 1.82) is 0 Å². The zero-order valence-corrected chi connectivity index (χ0v) is 13.1. The van der Waals surface area contributed by atoms with Crippen molar-refractivity contribution in [2.45, 2.75) is 12.2 Å². The first kappa shape index (κ1) is 21.7. The molecule has 9 heteroatoms. The third-order valence-corrected chi connectivity index (χ3v) is 1.46. The summed E-state index contributed by atoms with van der Waals surface area (Å²) in [5.74, 6) is -3.20. The predicted molar refractivity (Wildman–Crippen MR) is 44.0 cm³/mol. The molecule has 0 aliphatic carbocycles. The van der Waals surface area contributed by atoms with Crippen molar-refractivity contribution in [3.63, 3.8) is 0 Å². The molecule has 0 saturated heterocycles. The normalized spacial score (nSPS) is 20.7. The van der Waals surface area contributed by atoms with E-state index < -0.39 is 36.3 Å². The molecule has 0 radical (unpaired) electrons. The van der Waals surface area contributed by atoms with Gasteiger partial charge in [0.2, 0.25) is 0 Å². The number of carbonyl (C=O) groups excluding carboxylic acids is 1. The molecule has 1 rings (SSSR count). The van der Waals surface area contributed by atoms with Gasteiger partial charge in [0, 0.05) is 0 Å². The largest absolute Gasteiger partial charge is 1.00 e. The molecule has 3 N–H and O–H groups in total. The maximum absolute atomic E-state index is 10.8. The van der Waals surface area contributed by atoms with Crippen LogP contribution in [0.25, 0.3) is 0 Å². The Morgan fingerprint density at radius 2 is 2.00 bits per heavy atom. The molecular weight excluding hydrogens is 241 g/mol. The molecule has 0 aromatic heterocycles. The van der Waals surface area contributed by atoms with Crippen LogP contribution >= 0.6 is 0 Å². The summed E-state index contributed by atoms with van der Waals surface area (Å²) in [7, 11) is 0. The molecule has 1 heterocycles. The van der Waals surface area contributed by atoms with Crippen molar-refractivity contribution in [3.8, 4) is 0 Å². The number of ether oxygens (including phenoxy) is 1. The van der Waals surface area contributed by atoms with Gasteiger partial charge in [-0.1, -0.05) is 8.41 Å². The van der Waals surface area contributed by atoms with Gasteiger partial charge in [-0.05, 0) is 5.76 Å². The van der Waals surface area contributed by atoms with Crippen LogP contribution in [0.1, 0.15) is 0 Å². The first-order chi connectivity index (χ1) is 5.57. The van der Waals surface area contributed by atoms with Crippen LogP contribution < -0.4 is 86.0 Å². The number of carbonyl (C=O) groups is 1. The van der Waals surface area contributed by atoms with Crippen LogP contribution in [0.4, 0.5) is 0 Å². The number of rotatable bonds is 2. The second-order valence-corrected chi connectivity index (χ2v) is 2.29. The van der Waals surface area contributed by atoms with Crippen LogP contribution in [0.15, 0.2) is 11.5 Å². The Morgan fingerprint density at radius 1 is 1.53 bits per heavy atom. The first-order valence-corrected chi connectivity index (χ1v) is 3.18. The molecular formula is C6H11BKNaO6. The van der Waals surface area contributed by atoms with Gasteiger partial charge < -0.3 is 25.2 Å². The molecule has 1 aliphatic rings. The zero-order valence-electron chi connectivity index (χ0n) is 7.93. The molecule has 0 aromatic rings. The van der Waals surface area contributed by atoms with Crippen molar-refractivity contribution in [2.75, 3.05) is 6.61 Å². The minimum atomic E-state index is -1.48. The van der Waals surface area contributed by atoms with Crippen molar-refractivity contribution in [1.82, 2.24) is 0 Å². The Balaban J connectivity index is -0.000000480. The van der Waals surface area contributed by atoms with Gasteiger partial charge in [0.25, 0.3) is 0 Å². The van der Waals surface area contributed by atoms with Crippen LogP contribution in [0.2, 0.25) is 0 Å². The monoisotopic (exact) mass is 252 g/mol. The van der Waals surface area contributed by atoms with Gasteiger partial charge in [-0.3, -0.25) is 0 Å². The van der Waals surface area contributed by atoms with Crippen molar-refractivity contribution >= 4 is 14.4 Å². The quantitative estimate of drug-likeness (QED) is 0.332. The van der Waals surface area contributed by atoms with Gasteiger partial charge >= 0.3 is 86.9 Å². The number of aliphatic hydroxyl groups is 3.